The van der Waals surface area contributed by atoms with Crippen LogP contribution >= 0.6 is 0 Å². The Morgan fingerprint density at radius 3 is 0.922 bits per heavy atom. The van der Waals surface area contributed by atoms with Crippen molar-refractivity contribution in [1.82, 2.24) is 0 Å². The van der Waals surface area contributed by atoms with E-state index in [1.807, 2.05) is 0 Å². The van der Waals surface area contributed by atoms with Crippen molar-refractivity contribution < 1.29 is 178 Å². The Labute approximate surface area is 513 Å². The summed E-state index contributed by atoms with van der Waals surface area (Å²) in [6.07, 6.45) is -43.1. The van der Waals surface area contributed by atoms with Gasteiger partial charge in [0.1, 0.15) is 97.7 Å². The fraction of sp³-hybridized carbons (Fsp3) is 1.00. The monoisotopic (exact) mass is 1380 g/mol. The number of ether oxygens (including phenoxy) is 16. The van der Waals surface area contributed by atoms with Crippen LogP contribution in [0.4, 0.5) is 0 Å². The van der Waals surface area contributed by atoms with E-state index in [1.165, 1.54) is 7.11 Å². The van der Waals surface area contributed by atoms with Gasteiger partial charge in [-0.2, -0.15) is 25.3 Å². The van der Waals surface area contributed by atoms with Gasteiger partial charge in [0.25, 0.3) is 0 Å². The normalized spacial score (nSPS) is 47.0. The number of aliphatic hydroxyl groups excluding tert-OH is 10. The summed E-state index contributed by atoms with van der Waals surface area (Å²) >= 11 is 0. The lowest BCUT2D eigenvalue weighted by molar-refractivity contribution is -0.350. The quantitative estimate of drug-likeness (QED) is 0.0377. The highest BCUT2D eigenvalue weighted by Gasteiger charge is 2.54. The van der Waals surface area contributed by atoms with E-state index in [1.54, 1.807) is 0 Å². The molecule has 90 heavy (non-hydrogen) atoms. The van der Waals surface area contributed by atoms with Gasteiger partial charge in [-0.1, -0.05) is 0 Å². The molecule has 526 valence electrons. The summed E-state index contributed by atoms with van der Waals surface area (Å²) in [6, 6.07) is -5.79. The summed E-state index contributed by atoms with van der Waals surface area (Å²) in [4.78, 5) is 0. The molecule has 8 fully saturated rings. The van der Waals surface area contributed by atoms with E-state index in [9.17, 15) is 85.4 Å². The second-order valence-corrected chi connectivity index (χ2v) is 25.5. The van der Waals surface area contributed by atoms with Crippen LogP contribution in [0.1, 0.15) is 25.7 Å². The zero-order valence-electron chi connectivity index (χ0n) is 47.5. The zero-order chi connectivity index (χ0) is 65.9. The highest BCUT2D eigenvalue weighted by atomic mass is 32.3. The molecule has 32 atom stereocenters. The minimum Gasteiger partial charge on any atom is -0.394 e. The predicted octanol–water partition coefficient (Wildman–Crippen LogP) is -11.8. The largest absolute Gasteiger partial charge is 0.397 e. The average molecular weight is 1380 g/mol. The third-order valence-corrected chi connectivity index (χ3v) is 17.2. The number of aliphatic hydroxyl groups is 10. The summed E-state index contributed by atoms with van der Waals surface area (Å²) in [5, 5.41) is 109. The molecular formula is C45H80N4O38S3. The van der Waals surface area contributed by atoms with E-state index in [4.69, 9.17) is 103 Å². The van der Waals surface area contributed by atoms with Gasteiger partial charge in [0, 0.05) is 32.8 Å². The molecule has 8 saturated heterocycles. The van der Waals surface area contributed by atoms with E-state index in [2.05, 4.69) is 12.5 Å². The first-order chi connectivity index (χ1) is 42.2. The van der Waals surface area contributed by atoms with Crippen LogP contribution in [-0.4, -0.2) is 347 Å². The van der Waals surface area contributed by atoms with Gasteiger partial charge in [0.15, 0.2) is 50.3 Å². The third kappa shape index (κ3) is 19.4. The topological polar surface area (TPSA) is 645 Å². The fourth-order valence-corrected chi connectivity index (χ4v) is 11.9. The molecule has 0 saturated carbocycles. The van der Waals surface area contributed by atoms with Gasteiger partial charge in [-0.15, -0.1) is 0 Å². The van der Waals surface area contributed by atoms with E-state index in [0.29, 0.717) is 0 Å². The minimum atomic E-state index is -5.19. The maximum atomic E-state index is 11.7. The molecule has 8 aliphatic heterocycles. The molecule has 0 aromatic heterocycles. The van der Waals surface area contributed by atoms with Crippen molar-refractivity contribution in [3.63, 3.8) is 0 Å². The van der Waals surface area contributed by atoms with Crippen LogP contribution in [0.25, 0.3) is 0 Å². The number of rotatable bonds is 25. The Balaban J connectivity index is 0.832. The second kappa shape index (κ2) is 31.7. The van der Waals surface area contributed by atoms with E-state index >= 15 is 0 Å². The van der Waals surface area contributed by atoms with Crippen LogP contribution in [0.5, 0.6) is 0 Å². The molecular weight excluding hydrogens is 1300 g/mol. The van der Waals surface area contributed by atoms with Gasteiger partial charge < -0.3 is 150 Å². The number of hydrogen-bond donors (Lipinski definition) is 17. The van der Waals surface area contributed by atoms with Crippen molar-refractivity contribution in [3.8, 4) is 0 Å². The van der Waals surface area contributed by atoms with Crippen molar-refractivity contribution in [2.45, 2.75) is 222 Å². The van der Waals surface area contributed by atoms with Gasteiger partial charge in [-0.25, -0.2) is 12.5 Å². The zero-order valence-corrected chi connectivity index (χ0v) is 50.0. The molecule has 45 heteroatoms. The Hall–Kier alpha value is -1.59. The maximum Gasteiger partial charge on any atom is 0.397 e. The number of hydrogen-bond acceptors (Lipinski definition) is 39. The average Bonchev–Trinajstić information content (AvgIpc) is 1.10. The molecule has 0 spiro atoms. The fourth-order valence-electron chi connectivity index (χ4n) is 10.9. The van der Waals surface area contributed by atoms with Crippen molar-refractivity contribution in [1.29, 1.82) is 0 Å². The van der Waals surface area contributed by atoms with Crippen LogP contribution in [-0.2, 0) is 120 Å². The molecule has 0 aliphatic carbocycles. The predicted molar refractivity (Wildman–Crippen MR) is 279 cm³/mol. The summed E-state index contributed by atoms with van der Waals surface area (Å²) in [6.45, 7) is -5.55. The smallest absolute Gasteiger partial charge is 0.394 e. The molecule has 21 N–H and O–H groups in total. The molecule has 0 radical (unpaired) electrons. The highest BCUT2D eigenvalue weighted by Crippen LogP contribution is 2.36. The minimum absolute atomic E-state index is 0.171. The highest BCUT2D eigenvalue weighted by molar-refractivity contribution is 7.81. The second-order valence-electron chi connectivity index (χ2n) is 22.3. The molecule has 8 heterocycles. The first-order valence-electron chi connectivity index (χ1n) is 28.0. The summed E-state index contributed by atoms with van der Waals surface area (Å²) < 4.78 is 203. The summed E-state index contributed by atoms with van der Waals surface area (Å²) in [5.41, 5.74) is 24.9. The van der Waals surface area contributed by atoms with Gasteiger partial charge in [0.2, 0.25) is 0 Å². The Bertz CT molecular complexity index is 2600. The Morgan fingerprint density at radius 2 is 0.644 bits per heavy atom. The lowest BCUT2D eigenvalue weighted by Gasteiger charge is -2.47. The molecule has 42 nitrogen and oxygen atoms in total. The first-order valence-corrected chi connectivity index (χ1v) is 32.1. The van der Waals surface area contributed by atoms with Crippen LogP contribution in [0.2, 0.25) is 0 Å². The van der Waals surface area contributed by atoms with Crippen LogP contribution in [0.15, 0.2) is 0 Å². The van der Waals surface area contributed by atoms with Crippen molar-refractivity contribution in [2.75, 3.05) is 60.0 Å². The van der Waals surface area contributed by atoms with E-state index in [-0.39, 0.29) is 13.0 Å². The molecule has 8 rings (SSSR count). The third-order valence-electron chi connectivity index (χ3n) is 15.9. The van der Waals surface area contributed by atoms with E-state index < -0.39 is 293 Å². The maximum absolute atomic E-state index is 11.7. The van der Waals surface area contributed by atoms with Crippen LogP contribution < -0.4 is 22.9 Å². The molecule has 8 aliphatic rings. The van der Waals surface area contributed by atoms with Gasteiger partial charge in [-0.05, 0) is 0 Å². The standard InChI is InChI=1S/C45H80N4O38S3/c1-69-42-30(46)34(56)39(23(81-42)11-74-88(60,61)62)85-27-4-16(53)21(9-72-27)79-44-33(49)37(59)41(25(83-44)13-76-90(66,67)68)87-29-5-17(54)22(10-73-29)80-45-32(48)36(58)40(24(82-45)12-75-89(63,64)65)86-28-3-15(52)20(8-71-28)78-43-31(47)35(57)38(19(6-50)77-43)84-26-2-14(51)18(55)7-70-26/h14-45,50-59H,2-13,46-49H2,1H3,(H,60,61,62)(H,63,64,65)(H,66,67,68)/t14-,15-,16-,17-,18+,19?,20-,21-,22?,23?,24?,25?,26-,27-,28-,29-,30?,31?,32?,33?,34+,35+,36+,37+,38+,39+,40+,41+,42-,43-,44+,45+/m0/s1. The van der Waals surface area contributed by atoms with Crippen LogP contribution in [0.3, 0.4) is 0 Å². The molecule has 0 bridgehead atoms. The van der Waals surface area contributed by atoms with Crippen LogP contribution in [0, 0.1) is 0 Å². The lowest BCUT2D eigenvalue weighted by Crippen LogP contribution is -2.66. The van der Waals surface area contributed by atoms with Crippen molar-refractivity contribution in [2.24, 2.45) is 22.9 Å². The van der Waals surface area contributed by atoms with Gasteiger partial charge >= 0.3 is 31.2 Å². The number of methoxy groups -OCH3 is 1. The van der Waals surface area contributed by atoms with Crippen molar-refractivity contribution in [3.05, 3.63) is 0 Å². The summed E-state index contributed by atoms with van der Waals surface area (Å²) in [7, 11) is -14.2. The number of nitrogens with two attached hydrogens (primary N) is 4. The lowest BCUT2D eigenvalue weighted by atomic mass is 9.96. The molecule has 0 amide bonds. The Kier molecular flexibility index (Phi) is 26.2. The molecule has 0 aromatic carbocycles. The Morgan fingerprint density at radius 1 is 0.378 bits per heavy atom. The van der Waals surface area contributed by atoms with E-state index in [0.717, 1.165) is 0 Å². The van der Waals surface area contributed by atoms with Gasteiger partial charge in [-0.3, -0.25) is 13.7 Å². The summed E-state index contributed by atoms with van der Waals surface area (Å²) in [5.74, 6) is 0. The van der Waals surface area contributed by atoms with Gasteiger partial charge in [0.05, 0.1) is 101 Å². The molecule has 9 unspecified atom stereocenters. The molecule has 0 aromatic rings. The SMILES string of the molecule is CO[C@H]1OC(COS(=O)(=O)O)[C@@H](O[C@H]2C[C@H](O)[C@@H](O[C@@H]3OC(COS(=O)(=O)O)[C@@H](O[C@H]4C[C@H](O)C(O[C@@H]5OC(COS(=O)(=O)O)[C@@H](O[C@H]6C[C@H](O)[C@@H](O[C@@H]7OC(CO)[C@@H](O[C@H]8C[C@H](O)[C@H](O)CO8)[C@H](O)C7N)CO6)[C@H](O)C5N)CO4)[C@H](O)C3N)CO2)[C@H](O)C1N. The first kappa shape index (κ1) is 74.2. The van der Waals surface area contributed by atoms with Crippen molar-refractivity contribution >= 4 is 31.2 Å².